The summed E-state index contributed by atoms with van der Waals surface area (Å²) in [4.78, 5) is 12.8. The summed E-state index contributed by atoms with van der Waals surface area (Å²) in [7, 11) is 0. The van der Waals surface area contributed by atoms with Crippen LogP contribution in [0.2, 0.25) is 0 Å². The number of hydrogen-bond donors (Lipinski definition) is 0. The molecule has 0 aromatic heterocycles. The molecule has 4 nitrogen and oxygen atoms in total. The summed E-state index contributed by atoms with van der Waals surface area (Å²) in [5.74, 6) is 0.681. The highest BCUT2D eigenvalue weighted by Crippen LogP contribution is 2.30. The summed E-state index contributed by atoms with van der Waals surface area (Å²) in [5, 5.41) is 5.84. The lowest BCUT2D eigenvalue weighted by Crippen LogP contribution is -2.21. The molecule has 0 saturated carbocycles. The molecule has 0 spiro atoms. The predicted octanol–water partition coefficient (Wildman–Crippen LogP) is 5.43. The molecule has 1 aliphatic heterocycles. The average molecular weight is 413 g/mol. The summed E-state index contributed by atoms with van der Waals surface area (Å²) in [6.07, 6.45) is 2.96. The average Bonchev–Trinajstić information content (AvgIpc) is 2.92. The van der Waals surface area contributed by atoms with Crippen LogP contribution in [-0.2, 0) is 4.79 Å². The number of halogens is 1. The van der Waals surface area contributed by atoms with E-state index in [1.165, 1.54) is 5.01 Å². The maximum Gasteiger partial charge on any atom is 0.280 e. The van der Waals surface area contributed by atoms with Crippen LogP contribution in [0.15, 0.2) is 63.7 Å². The second kappa shape index (κ2) is 7.87. The Labute approximate surface area is 162 Å². The minimum Gasteiger partial charge on any atom is -0.490 e. The van der Waals surface area contributed by atoms with E-state index >= 15 is 0 Å². The Balaban J connectivity index is 1.85. The smallest absolute Gasteiger partial charge is 0.280 e. The molecule has 1 unspecified atom stereocenters. The van der Waals surface area contributed by atoms with Gasteiger partial charge in [0.05, 0.1) is 27.5 Å². The number of carbonyl (C=O) groups is 1. The molecule has 2 aromatic carbocycles. The van der Waals surface area contributed by atoms with Crippen molar-refractivity contribution in [3.8, 4) is 5.75 Å². The number of anilines is 1. The molecule has 0 saturated heterocycles. The largest absolute Gasteiger partial charge is 0.490 e. The molecule has 26 heavy (non-hydrogen) atoms. The molecule has 0 aliphatic carbocycles. The van der Waals surface area contributed by atoms with Crippen LogP contribution in [0.3, 0.4) is 0 Å². The number of nitrogens with zero attached hydrogens (tertiary/aromatic N) is 2. The van der Waals surface area contributed by atoms with Gasteiger partial charge in [0.25, 0.3) is 5.91 Å². The third-order valence-electron chi connectivity index (χ3n) is 4.23. The van der Waals surface area contributed by atoms with Crippen LogP contribution in [0.5, 0.6) is 5.75 Å². The van der Waals surface area contributed by atoms with Crippen molar-refractivity contribution in [1.82, 2.24) is 0 Å². The highest BCUT2D eigenvalue weighted by atomic mass is 79.9. The van der Waals surface area contributed by atoms with Gasteiger partial charge in [0, 0.05) is 0 Å². The Morgan fingerprint density at radius 1 is 1.23 bits per heavy atom. The van der Waals surface area contributed by atoms with Gasteiger partial charge < -0.3 is 4.74 Å². The van der Waals surface area contributed by atoms with Gasteiger partial charge in [-0.3, -0.25) is 4.79 Å². The molecule has 0 N–H and O–H groups in total. The lowest BCUT2D eigenvalue weighted by molar-refractivity contribution is -0.114. The number of carbonyl (C=O) groups excluding carboxylic acids is 1. The van der Waals surface area contributed by atoms with Crippen molar-refractivity contribution in [3.05, 3.63) is 64.1 Å². The molecule has 3 rings (SSSR count). The van der Waals surface area contributed by atoms with Gasteiger partial charge in [0.2, 0.25) is 0 Å². The summed E-state index contributed by atoms with van der Waals surface area (Å²) in [5.41, 5.74) is 2.98. The molecule has 1 heterocycles. The first-order valence-corrected chi connectivity index (χ1v) is 9.42. The molecule has 0 fully saturated rings. The van der Waals surface area contributed by atoms with Gasteiger partial charge in [-0.1, -0.05) is 31.2 Å². The van der Waals surface area contributed by atoms with Crippen LogP contribution in [0, 0.1) is 0 Å². The molecule has 0 radical (unpaired) electrons. The Hall–Kier alpha value is -2.40. The second-order valence-electron chi connectivity index (χ2n) is 6.22. The van der Waals surface area contributed by atoms with E-state index < -0.39 is 0 Å². The number of para-hydroxylation sites is 1. The van der Waals surface area contributed by atoms with E-state index in [2.05, 4.69) is 28.0 Å². The molecule has 0 bridgehead atoms. The molecular formula is C21H21BrN2O2. The molecule has 2 aromatic rings. The van der Waals surface area contributed by atoms with E-state index in [1.54, 1.807) is 0 Å². The van der Waals surface area contributed by atoms with Gasteiger partial charge in [-0.15, -0.1) is 0 Å². The molecule has 134 valence electrons. The third kappa shape index (κ3) is 3.88. The Kier molecular flexibility index (Phi) is 5.57. The van der Waals surface area contributed by atoms with Gasteiger partial charge in [0.1, 0.15) is 5.75 Å². The number of ether oxygens (including phenoxy) is 1. The van der Waals surface area contributed by atoms with Crippen LogP contribution >= 0.6 is 15.9 Å². The van der Waals surface area contributed by atoms with E-state index in [-0.39, 0.29) is 12.0 Å². The van der Waals surface area contributed by atoms with Crippen LogP contribution in [-0.4, -0.2) is 17.7 Å². The number of amides is 1. The van der Waals surface area contributed by atoms with E-state index in [4.69, 9.17) is 4.74 Å². The Morgan fingerprint density at radius 2 is 1.96 bits per heavy atom. The summed E-state index contributed by atoms with van der Waals surface area (Å²) < 4.78 is 6.74. The van der Waals surface area contributed by atoms with Crippen molar-refractivity contribution in [3.63, 3.8) is 0 Å². The van der Waals surface area contributed by atoms with E-state index in [0.717, 1.165) is 27.9 Å². The highest BCUT2D eigenvalue weighted by Gasteiger charge is 2.28. The summed E-state index contributed by atoms with van der Waals surface area (Å²) in [6.45, 7) is 5.98. The zero-order chi connectivity index (χ0) is 18.7. The first kappa shape index (κ1) is 18.4. The van der Waals surface area contributed by atoms with E-state index in [0.29, 0.717) is 11.3 Å². The molecular weight excluding hydrogens is 392 g/mol. The van der Waals surface area contributed by atoms with Crippen molar-refractivity contribution >= 4 is 39.3 Å². The van der Waals surface area contributed by atoms with Crippen LogP contribution < -0.4 is 9.75 Å². The van der Waals surface area contributed by atoms with Crippen LogP contribution in [0.1, 0.15) is 32.8 Å². The molecule has 5 heteroatoms. The fourth-order valence-electron chi connectivity index (χ4n) is 2.60. The van der Waals surface area contributed by atoms with Crippen LogP contribution in [0.25, 0.3) is 6.08 Å². The predicted molar refractivity (Wildman–Crippen MR) is 110 cm³/mol. The van der Waals surface area contributed by atoms with Gasteiger partial charge in [-0.05, 0) is 72.1 Å². The van der Waals surface area contributed by atoms with Crippen molar-refractivity contribution in [2.75, 3.05) is 5.01 Å². The van der Waals surface area contributed by atoms with Gasteiger partial charge >= 0.3 is 0 Å². The molecule has 1 atom stereocenters. The minimum atomic E-state index is -0.121. The highest BCUT2D eigenvalue weighted by molar-refractivity contribution is 9.10. The minimum absolute atomic E-state index is 0.121. The lowest BCUT2D eigenvalue weighted by Gasteiger charge is -2.14. The van der Waals surface area contributed by atoms with Gasteiger partial charge in [0.15, 0.2) is 0 Å². The number of hydrazone groups is 1. The summed E-state index contributed by atoms with van der Waals surface area (Å²) >= 11 is 3.55. The number of rotatable bonds is 5. The zero-order valence-corrected chi connectivity index (χ0v) is 16.7. The van der Waals surface area contributed by atoms with Gasteiger partial charge in [-0.2, -0.15) is 10.1 Å². The number of hydrogen-bond acceptors (Lipinski definition) is 3. The second-order valence-corrected chi connectivity index (χ2v) is 7.08. The van der Waals surface area contributed by atoms with Crippen LogP contribution in [0.4, 0.5) is 5.69 Å². The lowest BCUT2D eigenvalue weighted by atomic mass is 10.1. The first-order valence-electron chi connectivity index (χ1n) is 8.62. The topological polar surface area (TPSA) is 41.9 Å². The monoisotopic (exact) mass is 412 g/mol. The van der Waals surface area contributed by atoms with E-state index in [9.17, 15) is 4.79 Å². The first-order chi connectivity index (χ1) is 12.5. The number of benzene rings is 2. The van der Waals surface area contributed by atoms with Crippen molar-refractivity contribution in [2.24, 2.45) is 5.10 Å². The maximum absolute atomic E-state index is 12.8. The fraction of sp³-hybridized carbons (Fsp3) is 0.238. The van der Waals surface area contributed by atoms with Crippen molar-refractivity contribution in [1.29, 1.82) is 0 Å². The SMILES string of the molecule is CCC(C)Oc1ccc(/C=C2/C(=O)N(c3ccccc3)N=C2C)cc1Br. The quantitative estimate of drug-likeness (QED) is 0.614. The molecule has 1 amide bonds. The third-order valence-corrected chi connectivity index (χ3v) is 4.85. The van der Waals surface area contributed by atoms with Crippen molar-refractivity contribution < 1.29 is 9.53 Å². The zero-order valence-electron chi connectivity index (χ0n) is 15.1. The van der Waals surface area contributed by atoms with E-state index in [1.807, 2.05) is 68.5 Å². The Bertz CT molecular complexity index is 875. The maximum atomic E-state index is 12.8. The molecule has 1 aliphatic rings. The fourth-order valence-corrected chi connectivity index (χ4v) is 3.09. The standard InChI is InChI=1S/C21H21BrN2O2/c1-4-14(2)26-20-11-10-16(13-19(20)22)12-18-15(3)23-24(21(18)25)17-8-6-5-7-9-17/h5-14H,4H2,1-3H3/b18-12+. The van der Waals surface area contributed by atoms with Crippen molar-refractivity contribution in [2.45, 2.75) is 33.3 Å². The van der Waals surface area contributed by atoms with Gasteiger partial charge in [-0.25, -0.2) is 0 Å². The summed E-state index contributed by atoms with van der Waals surface area (Å²) in [6, 6.07) is 15.3. The Morgan fingerprint density at radius 3 is 2.62 bits per heavy atom. The normalized spacial score (nSPS) is 16.8.